The number of carbonyl (C=O) groups excluding carboxylic acids is 1. The number of amides is 1. The number of carbonyl (C=O) groups is 1. The topological polar surface area (TPSA) is 84.6 Å². The average Bonchev–Trinajstić information content (AvgIpc) is 2.37. The molecule has 5 nitrogen and oxygen atoms in total. The Morgan fingerprint density at radius 3 is 2.74 bits per heavy atom. The van der Waals surface area contributed by atoms with Crippen molar-refractivity contribution >= 4 is 11.6 Å². The number of nitrogen functional groups attached to an aromatic ring is 1. The highest BCUT2D eigenvalue weighted by molar-refractivity contribution is 5.95. The Balaban J connectivity index is 2.65. The molecule has 1 aromatic carbocycles. The Morgan fingerprint density at radius 2 is 2.21 bits per heavy atom. The normalized spacial score (nSPS) is 12.3. The van der Waals surface area contributed by atoms with Crippen LogP contribution in [0.4, 0.5) is 14.5 Å². The molecule has 7 heteroatoms. The lowest BCUT2D eigenvalue weighted by Crippen LogP contribution is -2.35. The molecule has 1 unspecified atom stereocenters. The zero-order chi connectivity index (χ0) is 14.4. The first-order valence-corrected chi connectivity index (χ1v) is 5.72. The summed E-state index contributed by atoms with van der Waals surface area (Å²) in [6.07, 6.45) is -4.78. The number of aliphatic hydroxyl groups excluding tert-OH is 1. The first-order chi connectivity index (χ1) is 8.95. The molecule has 106 valence electrons. The van der Waals surface area contributed by atoms with Crippen molar-refractivity contribution in [2.75, 3.05) is 18.9 Å². The van der Waals surface area contributed by atoms with E-state index in [0.717, 1.165) is 0 Å². The highest BCUT2D eigenvalue weighted by Crippen LogP contribution is 2.22. The van der Waals surface area contributed by atoms with Gasteiger partial charge in [0.05, 0.1) is 12.3 Å². The average molecular weight is 274 g/mol. The number of ether oxygens (including phenoxy) is 1. The van der Waals surface area contributed by atoms with E-state index in [1.54, 1.807) is 6.92 Å². The van der Waals surface area contributed by atoms with Crippen molar-refractivity contribution in [3.63, 3.8) is 0 Å². The maximum Gasteiger partial charge on any atom is 0.265 e. The number of anilines is 1. The summed E-state index contributed by atoms with van der Waals surface area (Å²) in [7, 11) is 0. The molecule has 0 saturated carbocycles. The maximum absolute atomic E-state index is 12.0. The van der Waals surface area contributed by atoms with E-state index in [4.69, 9.17) is 15.6 Å². The molecule has 0 radical (unpaired) electrons. The third kappa shape index (κ3) is 4.36. The second-order valence-corrected chi connectivity index (χ2v) is 3.80. The van der Waals surface area contributed by atoms with Crippen LogP contribution in [0.2, 0.25) is 0 Å². The number of hydrogen-bond acceptors (Lipinski definition) is 4. The second-order valence-electron chi connectivity index (χ2n) is 3.80. The minimum atomic E-state index is -2.90. The Labute approximate surface area is 109 Å². The third-order valence-corrected chi connectivity index (χ3v) is 2.33. The number of hydrogen-bond donors (Lipinski definition) is 3. The molecule has 1 atom stereocenters. The molecule has 0 aliphatic rings. The van der Waals surface area contributed by atoms with Crippen LogP contribution in [-0.2, 0) is 0 Å². The van der Waals surface area contributed by atoms with Gasteiger partial charge in [-0.2, -0.15) is 0 Å². The van der Waals surface area contributed by atoms with Gasteiger partial charge in [-0.15, -0.1) is 0 Å². The van der Waals surface area contributed by atoms with Crippen molar-refractivity contribution in [1.82, 2.24) is 5.32 Å². The van der Waals surface area contributed by atoms with Crippen LogP contribution >= 0.6 is 0 Å². The summed E-state index contributed by atoms with van der Waals surface area (Å²) in [5.74, 6) is -0.138. The molecule has 19 heavy (non-hydrogen) atoms. The van der Waals surface area contributed by atoms with Gasteiger partial charge in [0.25, 0.3) is 12.3 Å². The lowest BCUT2D eigenvalue weighted by Gasteiger charge is -2.12. The third-order valence-electron chi connectivity index (χ3n) is 2.33. The van der Waals surface area contributed by atoms with Crippen molar-refractivity contribution in [3.8, 4) is 5.75 Å². The maximum atomic E-state index is 12.0. The molecule has 0 spiro atoms. The van der Waals surface area contributed by atoms with Gasteiger partial charge < -0.3 is 20.9 Å². The summed E-state index contributed by atoms with van der Waals surface area (Å²) in [5, 5.41) is 11.1. The van der Waals surface area contributed by atoms with Crippen LogP contribution in [0, 0.1) is 0 Å². The van der Waals surface area contributed by atoms with Crippen LogP contribution in [0.3, 0.4) is 0 Å². The summed E-state index contributed by atoms with van der Waals surface area (Å²) in [4.78, 5) is 11.6. The molecule has 4 N–H and O–H groups in total. The van der Waals surface area contributed by atoms with Crippen LogP contribution < -0.4 is 15.8 Å². The van der Waals surface area contributed by atoms with Crippen LogP contribution in [0.15, 0.2) is 18.2 Å². The summed E-state index contributed by atoms with van der Waals surface area (Å²) in [6, 6.07) is 4.37. The molecule has 1 aromatic rings. The molecule has 0 aliphatic heterocycles. The van der Waals surface area contributed by atoms with Gasteiger partial charge in [0.2, 0.25) is 0 Å². The molecule has 0 aliphatic carbocycles. The highest BCUT2D eigenvalue weighted by atomic mass is 19.3. The molecule has 0 saturated heterocycles. The molecule has 1 rings (SSSR count). The lowest BCUT2D eigenvalue weighted by molar-refractivity contribution is -0.00270. The highest BCUT2D eigenvalue weighted by Gasteiger charge is 2.18. The van der Waals surface area contributed by atoms with E-state index in [1.807, 2.05) is 0 Å². The first kappa shape index (κ1) is 15.2. The molecule has 0 bridgehead atoms. The second kappa shape index (κ2) is 6.89. The zero-order valence-corrected chi connectivity index (χ0v) is 10.4. The van der Waals surface area contributed by atoms with Crippen molar-refractivity contribution < 1.29 is 23.4 Å². The number of benzene rings is 1. The zero-order valence-electron chi connectivity index (χ0n) is 10.4. The van der Waals surface area contributed by atoms with E-state index < -0.39 is 25.0 Å². The van der Waals surface area contributed by atoms with E-state index >= 15 is 0 Å². The minimum Gasteiger partial charge on any atom is -0.492 e. The smallest absolute Gasteiger partial charge is 0.265 e. The van der Waals surface area contributed by atoms with Crippen molar-refractivity contribution in [2.45, 2.75) is 19.5 Å². The van der Waals surface area contributed by atoms with E-state index in [2.05, 4.69) is 5.32 Å². The van der Waals surface area contributed by atoms with Gasteiger partial charge in [0, 0.05) is 12.1 Å². The fourth-order valence-electron chi connectivity index (χ4n) is 1.37. The fraction of sp³-hybridized carbons (Fsp3) is 0.417. The van der Waals surface area contributed by atoms with Gasteiger partial charge in [-0.05, 0) is 25.1 Å². The molecule has 0 fully saturated rings. The number of aliphatic hydroxyl groups is 1. The number of nitrogens with two attached hydrogens (primary N) is 1. The fourth-order valence-corrected chi connectivity index (χ4v) is 1.37. The van der Waals surface area contributed by atoms with E-state index in [-0.39, 0.29) is 11.3 Å². The largest absolute Gasteiger partial charge is 0.492 e. The van der Waals surface area contributed by atoms with Crippen molar-refractivity contribution in [3.05, 3.63) is 23.8 Å². The number of alkyl halides is 2. The van der Waals surface area contributed by atoms with E-state index in [9.17, 15) is 13.6 Å². The van der Waals surface area contributed by atoms with Crippen LogP contribution in [0.1, 0.15) is 17.3 Å². The number of rotatable bonds is 6. The van der Waals surface area contributed by atoms with Crippen LogP contribution in [0.25, 0.3) is 0 Å². The predicted octanol–water partition coefficient (Wildman–Crippen LogP) is 1.02. The summed E-state index contributed by atoms with van der Waals surface area (Å²) in [6.45, 7) is 1.71. The van der Waals surface area contributed by atoms with E-state index in [1.165, 1.54) is 18.2 Å². The van der Waals surface area contributed by atoms with Gasteiger partial charge in [0.1, 0.15) is 11.9 Å². The monoisotopic (exact) mass is 274 g/mol. The van der Waals surface area contributed by atoms with Gasteiger partial charge in [-0.1, -0.05) is 0 Å². The minimum absolute atomic E-state index is 0.211. The predicted molar refractivity (Wildman–Crippen MR) is 66.4 cm³/mol. The van der Waals surface area contributed by atoms with Crippen LogP contribution in [0.5, 0.6) is 5.75 Å². The molecule has 0 heterocycles. The standard InChI is InChI=1S/C12H16F2N2O3/c1-2-19-10-4-3-7(5-8(10)15)12(18)16-6-9(17)11(13)14/h3-5,9,11,17H,2,6,15H2,1H3,(H,16,18). The molecular weight excluding hydrogens is 258 g/mol. The Kier molecular flexibility index (Phi) is 5.50. The van der Waals surface area contributed by atoms with Crippen LogP contribution in [-0.4, -0.2) is 36.7 Å². The molecule has 0 aromatic heterocycles. The van der Waals surface area contributed by atoms with Crippen molar-refractivity contribution in [2.24, 2.45) is 0 Å². The summed E-state index contributed by atoms with van der Waals surface area (Å²) >= 11 is 0. The SMILES string of the molecule is CCOc1ccc(C(=O)NCC(O)C(F)F)cc1N. The Bertz CT molecular complexity index is 441. The van der Waals surface area contributed by atoms with E-state index in [0.29, 0.717) is 12.4 Å². The summed E-state index contributed by atoms with van der Waals surface area (Å²) in [5.41, 5.74) is 6.17. The van der Waals surface area contributed by atoms with Gasteiger partial charge in [-0.25, -0.2) is 8.78 Å². The molecule has 1 amide bonds. The van der Waals surface area contributed by atoms with Gasteiger partial charge in [-0.3, -0.25) is 4.79 Å². The first-order valence-electron chi connectivity index (χ1n) is 5.72. The van der Waals surface area contributed by atoms with Crippen molar-refractivity contribution in [1.29, 1.82) is 0 Å². The quantitative estimate of drug-likeness (QED) is 0.676. The Hall–Kier alpha value is -1.89. The molecular formula is C12H16F2N2O3. The number of halogens is 2. The van der Waals surface area contributed by atoms with Gasteiger partial charge in [0.15, 0.2) is 0 Å². The summed E-state index contributed by atoms with van der Waals surface area (Å²) < 4.78 is 29.3. The number of nitrogens with one attached hydrogen (secondary N) is 1. The lowest BCUT2D eigenvalue weighted by atomic mass is 10.1. The Morgan fingerprint density at radius 1 is 1.53 bits per heavy atom. The van der Waals surface area contributed by atoms with Gasteiger partial charge >= 0.3 is 0 Å².